The fourth-order valence-electron chi connectivity index (χ4n) is 3.71. The van der Waals surface area contributed by atoms with Crippen molar-refractivity contribution in [3.63, 3.8) is 0 Å². The normalized spacial score (nSPS) is 23.1. The molecule has 0 radical (unpaired) electrons. The van der Waals surface area contributed by atoms with E-state index in [2.05, 4.69) is 10.2 Å². The Kier molecular flexibility index (Phi) is 4.86. The van der Waals surface area contributed by atoms with E-state index in [1.54, 1.807) is 14.2 Å². The predicted molar refractivity (Wildman–Crippen MR) is 85.4 cm³/mol. The van der Waals surface area contributed by atoms with Crippen molar-refractivity contribution < 1.29 is 14.6 Å². The van der Waals surface area contributed by atoms with Gasteiger partial charge in [-0.15, -0.1) is 0 Å². The molecular weight excluding hydrogens is 280 g/mol. The average molecular weight is 306 g/mol. The van der Waals surface area contributed by atoms with Crippen LogP contribution in [0.2, 0.25) is 0 Å². The molecule has 22 heavy (non-hydrogen) atoms. The van der Waals surface area contributed by atoms with E-state index in [4.69, 9.17) is 9.47 Å². The molecule has 2 aliphatic rings. The van der Waals surface area contributed by atoms with E-state index in [-0.39, 0.29) is 0 Å². The second-order valence-electron chi connectivity index (χ2n) is 6.27. The average Bonchev–Trinajstić information content (AvgIpc) is 2.54. The van der Waals surface area contributed by atoms with Gasteiger partial charge in [0.2, 0.25) is 0 Å². The van der Waals surface area contributed by atoms with Crippen molar-refractivity contribution in [3.05, 3.63) is 23.3 Å². The van der Waals surface area contributed by atoms with Gasteiger partial charge in [-0.3, -0.25) is 4.90 Å². The van der Waals surface area contributed by atoms with Crippen LogP contribution in [-0.2, 0) is 6.54 Å². The summed E-state index contributed by atoms with van der Waals surface area (Å²) in [5, 5.41) is 14.0. The highest BCUT2D eigenvalue weighted by Gasteiger charge is 2.30. The van der Waals surface area contributed by atoms with Crippen molar-refractivity contribution in [3.8, 4) is 11.5 Å². The van der Waals surface area contributed by atoms with Crippen LogP contribution >= 0.6 is 0 Å². The first-order chi connectivity index (χ1) is 10.7. The molecule has 1 atom stereocenters. The van der Waals surface area contributed by atoms with E-state index in [0.717, 1.165) is 48.8 Å². The van der Waals surface area contributed by atoms with Gasteiger partial charge in [0, 0.05) is 30.8 Å². The summed E-state index contributed by atoms with van der Waals surface area (Å²) in [5.74, 6) is 2.31. The Morgan fingerprint density at radius 3 is 2.55 bits per heavy atom. The minimum absolute atomic E-state index is 0.518. The van der Waals surface area contributed by atoms with E-state index in [1.807, 2.05) is 12.1 Å². The molecule has 1 unspecified atom stereocenters. The number of piperidine rings is 1. The zero-order valence-electron chi connectivity index (χ0n) is 13.5. The quantitative estimate of drug-likeness (QED) is 0.884. The van der Waals surface area contributed by atoms with Crippen molar-refractivity contribution in [2.24, 2.45) is 5.92 Å². The number of hydrogen-bond acceptors (Lipinski definition) is 5. The summed E-state index contributed by atoms with van der Waals surface area (Å²) in [5.41, 5.74) is 1.96. The number of ether oxygens (including phenoxy) is 2. The second-order valence-corrected chi connectivity index (χ2v) is 6.27. The van der Waals surface area contributed by atoms with Crippen LogP contribution in [0.4, 0.5) is 0 Å². The summed E-state index contributed by atoms with van der Waals surface area (Å²) in [6.07, 6.45) is 1.92. The van der Waals surface area contributed by atoms with Crippen LogP contribution in [0.15, 0.2) is 12.1 Å². The molecule has 5 heteroatoms. The number of nitrogens with zero attached hydrogens (tertiary/aromatic N) is 1. The highest BCUT2D eigenvalue weighted by Crippen LogP contribution is 2.39. The van der Waals surface area contributed by atoms with Crippen LogP contribution in [-0.4, -0.2) is 50.4 Å². The van der Waals surface area contributed by atoms with Crippen molar-refractivity contribution >= 4 is 0 Å². The van der Waals surface area contributed by atoms with Gasteiger partial charge in [-0.05, 0) is 44.0 Å². The van der Waals surface area contributed by atoms with E-state index in [1.165, 1.54) is 12.8 Å². The minimum Gasteiger partial charge on any atom is -0.496 e. The van der Waals surface area contributed by atoms with E-state index >= 15 is 0 Å². The van der Waals surface area contributed by atoms with Crippen LogP contribution in [0, 0.1) is 5.92 Å². The Morgan fingerprint density at radius 2 is 1.86 bits per heavy atom. The van der Waals surface area contributed by atoms with Crippen LogP contribution in [0.25, 0.3) is 0 Å². The lowest BCUT2D eigenvalue weighted by Gasteiger charge is -2.36. The SMILES string of the molecule is COc1ccc(OC)c2c1CN(CC1CCNCC1)CC2O. The molecule has 2 aliphatic heterocycles. The van der Waals surface area contributed by atoms with Crippen molar-refractivity contribution in [1.82, 2.24) is 10.2 Å². The topological polar surface area (TPSA) is 54.0 Å². The van der Waals surface area contributed by atoms with E-state index < -0.39 is 6.10 Å². The number of rotatable bonds is 4. The third-order valence-electron chi connectivity index (χ3n) is 4.84. The summed E-state index contributed by atoms with van der Waals surface area (Å²) in [6.45, 7) is 4.74. The first-order valence-electron chi connectivity index (χ1n) is 8.07. The van der Waals surface area contributed by atoms with Crippen LogP contribution in [0.1, 0.15) is 30.1 Å². The minimum atomic E-state index is -0.518. The lowest BCUT2D eigenvalue weighted by Crippen LogP contribution is -2.40. The summed E-state index contributed by atoms with van der Waals surface area (Å²) in [7, 11) is 3.33. The molecule has 2 N–H and O–H groups in total. The molecule has 1 saturated heterocycles. The molecule has 0 aliphatic carbocycles. The summed E-state index contributed by atoms with van der Waals surface area (Å²) >= 11 is 0. The fourth-order valence-corrected chi connectivity index (χ4v) is 3.71. The maximum absolute atomic E-state index is 10.6. The van der Waals surface area contributed by atoms with Crippen LogP contribution in [0.5, 0.6) is 11.5 Å². The van der Waals surface area contributed by atoms with Gasteiger partial charge >= 0.3 is 0 Å². The Labute approximate surface area is 132 Å². The number of β-amino-alcohol motifs (C(OH)–C–C–N with tert-alkyl or cyclic N) is 1. The number of nitrogens with one attached hydrogen (secondary N) is 1. The van der Waals surface area contributed by atoms with Gasteiger partial charge < -0.3 is 19.9 Å². The van der Waals surface area contributed by atoms with E-state index in [0.29, 0.717) is 12.5 Å². The smallest absolute Gasteiger partial charge is 0.125 e. The van der Waals surface area contributed by atoms with Crippen molar-refractivity contribution in [1.29, 1.82) is 0 Å². The Hall–Kier alpha value is -1.30. The van der Waals surface area contributed by atoms with Crippen molar-refractivity contribution in [2.75, 3.05) is 40.4 Å². The molecule has 1 aromatic rings. The van der Waals surface area contributed by atoms with Gasteiger partial charge in [-0.1, -0.05) is 0 Å². The fraction of sp³-hybridized carbons (Fsp3) is 0.647. The van der Waals surface area contributed by atoms with Crippen molar-refractivity contribution in [2.45, 2.75) is 25.5 Å². The summed E-state index contributed by atoms with van der Waals surface area (Å²) in [6, 6.07) is 3.81. The first kappa shape index (κ1) is 15.6. The summed E-state index contributed by atoms with van der Waals surface area (Å²) < 4.78 is 10.9. The molecule has 3 rings (SSSR count). The van der Waals surface area contributed by atoms with Gasteiger partial charge in [0.05, 0.1) is 20.3 Å². The third kappa shape index (κ3) is 3.07. The lowest BCUT2D eigenvalue weighted by atomic mass is 9.92. The number of benzene rings is 1. The van der Waals surface area contributed by atoms with Gasteiger partial charge in [0.15, 0.2) is 0 Å². The molecule has 0 bridgehead atoms. The van der Waals surface area contributed by atoms with Crippen LogP contribution < -0.4 is 14.8 Å². The molecule has 1 aromatic carbocycles. The molecule has 0 spiro atoms. The zero-order valence-corrected chi connectivity index (χ0v) is 13.5. The maximum atomic E-state index is 10.6. The van der Waals surface area contributed by atoms with Gasteiger partial charge in [-0.25, -0.2) is 0 Å². The Morgan fingerprint density at radius 1 is 1.18 bits per heavy atom. The third-order valence-corrected chi connectivity index (χ3v) is 4.84. The van der Waals surface area contributed by atoms with Gasteiger partial charge in [-0.2, -0.15) is 0 Å². The molecule has 122 valence electrons. The monoisotopic (exact) mass is 306 g/mol. The number of aliphatic hydroxyl groups is 1. The molecule has 2 heterocycles. The highest BCUT2D eigenvalue weighted by molar-refractivity contribution is 5.51. The molecule has 1 fully saturated rings. The highest BCUT2D eigenvalue weighted by atomic mass is 16.5. The van der Waals surface area contributed by atoms with E-state index in [9.17, 15) is 5.11 Å². The second kappa shape index (κ2) is 6.86. The molecule has 0 aromatic heterocycles. The zero-order chi connectivity index (χ0) is 15.5. The first-order valence-corrected chi connectivity index (χ1v) is 8.07. The molecule has 5 nitrogen and oxygen atoms in total. The number of methoxy groups -OCH3 is 2. The Balaban J connectivity index is 1.81. The largest absolute Gasteiger partial charge is 0.496 e. The standard InChI is InChI=1S/C17H26N2O3/c1-21-15-3-4-16(22-2)17-13(15)10-19(11-14(17)20)9-12-5-7-18-8-6-12/h3-4,12,14,18,20H,5-11H2,1-2H3. The number of aliphatic hydroxyl groups excluding tert-OH is 1. The maximum Gasteiger partial charge on any atom is 0.125 e. The molecule has 0 saturated carbocycles. The van der Waals surface area contributed by atoms with Gasteiger partial charge in [0.1, 0.15) is 11.5 Å². The number of hydrogen-bond donors (Lipinski definition) is 2. The summed E-state index contributed by atoms with van der Waals surface area (Å²) in [4.78, 5) is 2.35. The van der Waals surface area contributed by atoms with Crippen LogP contribution in [0.3, 0.4) is 0 Å². The Bertz CT molecular complexity index is 515. The number of fused-ring (bicyclic) bond motifs is 1. The predicted octanol–water partition coefficient (Wildman–Crippen LogP) is 1.55. The molecule has 0 amide bonds. The lowest BCUT2D eigenvalue weighted by molar-refractivity contribution is 0.0749. The molecular formula is C17H26N2O3. The van der Waals surface area contributed by atoms with Gasteiger partial charge in [0.25, 0.3) is 0 Å².